The van der Waals surface area contributed by atoms with Crippen LogP contribution in [0, 0.1) is 0 Å². The molecule has 1 aromatic heterocycles. The molecule has 3 heterocycles. The van der Waals surface area contributed by atoms with Gasteiger partial charge in [-0.05, 0) is 38.3 Å². The minimum absolute atomic E-state index is 0.588. The first-order valence-corrected chi connectivity index (χ1v) is 7.01. The molecule has 1 aromatic rings. The maximum Gasteiger partial charge on any atom is 0.115 e. The number of rotatable bonds is 2. The van der Waals surface area contributed by atoms with Crippen molar-refractivity contribution < 1.29 is 4.74 Å². The number of piperidine rings is 1. The van der Waals surface area contributed by atoms with E-state index in [1.165, 1.54) is 37.9 Å². The second-order valence-corrected chi connectivity index (χ2v) is 5.31. The van der Waals surface area contributed by atoms with Crippen LogP contribution < -0.4 is 0 Å². The van der Waals surface area contributed by atoms with Gasteiger partial charge in [-0.2, -0.15) is 0 Å². The molecule has 0 aromatic carbocycles. The molecule has 0 amide bonds. The van der Waals surface area contributed by atoms with Gasteiger partial charge in [0, 0.05) is 43.6 Å². The molecule has 2 aliphatic heterocycles. The molecule has 0 radical (unpaired) electrons. The predicted octanol–water partition coefficient (Wildman–Crippen LogP) is 1.83. The molecule has 1 atom stereocenters. The smallest absolute Gasteiger partial charge is 0.115 e. The Bertz CT molecular complexity index is 365. The summed E-state index contributed by atoms with van der Waals surface area (Å²) in [6.45, 7) is 4.26. The van der Waals surface area contributed by atoms with Crippen molar-refractivity contribution in [2.75, 3.05) is 26.3 Å². The van der Waals surface area contributed by atoms with Crippen LogP contribution in [0.5, 0.6) is 0 Å². The second-order valence-electron chi connectivity index (χ2n) is 5.31. The lowest BCUT2D eigenvalue weighted by Crippen LogP contribution is -2.44. The number of ether oxygens (including phenoxy) is 1. The zero-order chi connectivity index (χ0) is 12.2. The van der Waals surface area contributed by atoms with E-state index in [0.717, 1.165) is 25.8 Å². The zero-order valence-electron chi connectivity index (χ0n) is 10.8. The van der Waals surface area contributed by atoms with Crippen molar-refractivity contribution in [3.05, 3.63) is 24.3 Å². The van der Waals surface area contributed by atoms with Gasteiger partial charge < -0.3 is 4.74 Å². The van der Waals surface area contributed by atoms with Gasteiger partial charge in [0.25, 0.3) is 0 Å². The van der Waals surface area contributed by atoms with Crippen LogP contribution in [0.2, 0.25) is 0 Å². The first-order valence-electron chi connectivity index (χ1n) is 7.01. The first-order chi connectivity index (χ1) is 8.93. The summed E-state index contributed by atoms with van der Waals surface area (Å²) < 4.78 is 5.45. The molecule has 2 fully saturated rings. The molecular weight excluding hydrogens is 226 g/mol. The van der Waals surface area contributed by atoms with E-state index in [2.05, 4.69) is 20.9 Å². The van der Waals surface area contributed by atoms with E-state index in [4.69, 9.17) is 4.74 Å². The van der Waals surface area contributed by atoms with Gasteiger partial charge in [0.2, 0.25) is 0 Å². The van der Waals surface area contributed by atoms with Gasteiger partial charge >= 0.3 is 0 Å². The van der Waals surface area contributed by atoms with Gasteiger partial charge in [-0.1, -0.05) is 0 Å². The lowest BCUT2D eigenvalue weighted by molar-refractivity contribution is 0.0237. The molecule has 4 heteroatoms. The second kappa shape index (κ2) is 5.76. The summed E-state index contributed by atoms with van der Waals surface area (Å²) in [4.78, 5) is 11.1. The highest BCUT2D eigenvalue weighted by Gasteiger charge is 2.28. The van der Waals surface area contributed by atoms with Crippen molar-refractivity contribution >= 4 is 0 Å². The molecule has 0 saturated carbocycles. The molecule has 98 valence electrons. The lowest BCUT2D eigenvalue weighted by atomic mass is 9.92. The first kappa shape index (κ1) is 12.1. The fourth-order valence-electron chi connectivity index (χ4n) is 3.17. The minimum atomic E-state index is 0.588. The fourth-order valence-corrected chi connectivity index (χ4v) is 3.17. The van der Waals surface area contributed by atoms with Gasteiger partial charge in [-0.3, -0.25) is 4.90 Å². The Hall–Kier alpha value is -1.00. The van der Waals surface area contributed by atoms with E-state index in [1.807, 2.05) is 6.20 Å². The highest BCUT2D eigenvalue weighted by molar-refractivity contribution is 5.08. The molecule has 2 saturated heterocycles. The zero-order valence-corrected chi connectivity index (χ0v) is 10.8. The Labute approximate surface area is 108 Å². The average Bonchev–Trinajstić information content (AvgIpc) is 2.49. The predicted molar refractivity (Wildman–Crippen MR) is 69.4 cm³/mol. The fraction of sp³-hybridized carbons (Fsp3) is 0.714. The third-order valence-corrected chi connectivity index (χ3v) is 4.18. The molecule has 0 spiro atoms. The Kier molecular flexibility index (Phi) is 3.86. The molecule has 0 aliphatic carbocycles. The molecule has 3 rings (SSSR count). The number of aromatic nitrogens is 2. The van der Waals surface area contributed by atoms with Crippen molar-refractivity contribution in [3.8, 4) is 0 Å². The molecule has 1 unspecified atom stereocenters. The van der Waals surface area contributed by atoms with E-state index in [9.17, 15) is 0 Å². The van der Waals surface area contributed by atoms with Crippen LogP contribution in [-0.4, -0.2) is 47.2 Å². The standard InChI is InChI=1S/C14H21N3O/c1-2-12(14-3-6-15-11-16-14)10-17(7-1)13-4-8-18-9-5-13/h3,6,11-13H,1-2,4-5,7-10H2. The van der Waals surface area contributed by atoms with Crippen LogP contribution >= 0.6 is 0 Å². The van der Waals surface area contributed by atoms with E-state index in [-0.39, 0.29) is 0 Å². The van der Waals surface area contributed by atoms with Crippen molar-refractivity contribution in [3.63, 3.8) is 0 Å². The largest absolute Gasteiger partial charge is 0.381 e. The van der Waals surface area contributed by atoms with Crippen molar-refractivity contribution in [1.82, 2.24) is 14.9 Å². The van der Waals surface area contributed by atoms with Crippen LogP contribution in [0.15, 0.2) is 18.6 Å². The highest BCUT2D eigenvalue weighted by atomic mass is 16.5. The lowest BCUT2D eigenvalue weighted by Gasteiger charge is -2.39. The van der Waals surface area contributed by atoms with E-state index >= 15 is 0 Å². The van der Waals surface area contributed by atoms with E-state index in [1.54, 1.807) is 6.33 Å². The number of likely N-dealkylation sites (tertiary alicyclic amines) is 1. The van der Waals surface area contributed by atoms with Crippen molar-refractivity contribution in [2.24, 2.45) is 0 Å². The maximum absolute atomic E-state index is 5.45. The number of hydrogen-bond donors (Lipinski definition) is 0. The summed E-state index contributed by atoms with van der Waals surface area (Å²) in [5.41, 5.74) is 1.21. The average molecular weight is 247 g/mol. The number of hydrogen-bond acceptors (Lipinski definition) is 4. The molecule has 0 bridgehead atoms. The monoisotopic (exact) mass is 247 g/mol. The van der Waals surface area contributed by atoms with Crippen LogP contribution in [0.1, 0.15) is 37.3 Å². The van der Waals surface area contributed by atoms with Crippen molar-refractivity contribution in [1.29, 1.82) is 0 Å². The van der Waals surface area contributed by atoms with Gasteiger partial charge in [0.1, 0.15) is 6.33 Å². The SMILES string of the molecule is c1cc(C2CCCN(C3CCOCC3)C2)ncn1. The normalized spacial score (nSPS) is 27.2. The summed E-state index contributed by atoms with van der Waals surface area (Å²) in [5, 5.41) is 0. The summed E-state index contributed by atoms with van der Waals surface area (Å²) in [6.07, 6.45) is 8.45. The topological polar surface area (TPSA) is 38.2 Å². The van der Waals surface area contributed by atoms with Crippen LogP contribution in [0.4, 0.5) is 0 Å². The third kappa shape index (κ3) is 2.70. The summed E-state index contributed by atoms with van der Waals surface area (Å²) in [6, 6.07) is 2.79. The van der Waals surface area contributed by atoms with E-state index < -0.39 is 0 Å². The molecule has 2 aliphatic rings. The minimum Gasteiger partial charge on any atom is -0.381 e. The van der Waals surface area contributed by atoms with Gasteiger partial charge in [0.05, 0.1) is 0 Å². The molecule has 0 N–H and O–H groups in total. The van der Waals surface area contributed by atoms with Crippen LogP contribution in [0.3, 0.4) is 0 Å². The van der Waals surface area contributed by atoms with Gasteiger partial charge in [0.15, 0.2) is 0 Å². The van der Waals surface area contributed by atoms with Crippen molar-refractivity contribution in [2.45, 2.75) is 37.6 Å². The highest BCUT2D eigenvalue weighted by Crippen LogP contribution is 2.28. The Morgan fingerprint density at radius 3 is 2.89 bits per heavy atom. The summed E-state index contributed by atoms with van der Waals surface area (Å²) >= 11 is 0. The maximum atomic E-state index is 5.45. The van der Waals surface area contributed by atoms with Gasteiger partial charge in [-0.15, -0.1) is 0 Å². The Balaban J connectivity index is 1.64. The van der Waals surface area contributed by atoms with Gasteiger partial charge in [-0.25, -0.2) is 9.97 Å². The third-order valence-electron chi connectivity index (χ3n) is 4.18. The molecule has 4 nitrogen and oxygen atoms in total. The van der Waals surface area contributed by atoms with Crippen LogP contribution in [0.25, 0.3) is 0 Å². The Morgan fingerprint density at radius 2 is 2.11 bits per heavy atom. The quantitative estimate of drug-likeness (QED) is 0.799. The molecular formula is C14H21N3O. The molecule has 18 heavy (non-hydrogen) atoms. The van der Waals surface area contributed by atoms with Crippen LogP contribution in [-0.2, 0) is 4.74 Å². The summed E-state index contributed by atoms with van der Waals surface area (Å²) in [5.74, 6) is 0.588. The number of nitrogens with zero attached hydrogens (tertiary/aromatic N) is 3. The van der Waals surface area contributed by atoms with E-state index in [0.29, 0.717) is 5.92 Å². The summed E-state index contributed by atoms with van der Waals surface area (Å²) in [7, 11) is 0. The Morgan fingerprint density at radius 1 is 1.22 bits per heavy atom.